The molecule has 0 unspecified atom stereocenters. The van der Waals surface area contributed by atoms with Gasteiger partial charge in [0.05, 0.1) is 0 Å². The van der Waals surface area contributed by atoms with Gasteiger partial charge in [0.15, 0.2) is 0 Å². The monoisotopic (exact) mass is 260 g/mol. The Morgan fingerprint density at radius 1 is 1.00 bits per heavy atom. The van der Waals surface area contributed by atoms with E-state index in [1.54, 1.807) is 0 Å². The van der Waals surface area contributed by atoms with Gasteiger partial charge in [0.1, 0.15) is 0 Å². The van der Waals surface area contributed by atoms with Crippen molar-refractivity contribution < 1.29 is 0 Å². The molecule has 0 radical (unpaired) electrons. The number of likely N-dealkylation sites (tertiary alicyclic amines) is 1. The molecule has 2 rings (SSSR count). The molecule has 2 heteroatoms. The average molecular weight is 260 g/mol. The Bertz CT molecular complexity index is 345. The van der Waals surface area contributed by atoms with Gasteiger partial charge in [-0.05, 0) is 18.4 Å². The normalized spacial score (nSPS) is 15.6. The minimum atomic E-state index is 1.08. The largest absolute Gasteiger partial charge is 0.298 e. The van der Waals surface area contributed by atoms with E-state index in [0.717, 1.165) is 32.5 Å². The molecule has 0 amide bonds. The molecular weight excluding hydrogens is 232 g/mol. The Morgan fingerprint density at radius 3 is 2.05 bits per heavy atom. The predicted octanol–water partition coefficient (Wildman–Crippen LogP) is 4.16. The lowest BCUT2D eigenvalue weighted by Crippen LogP contribution is -2.33. The standard InChI is InChI=1S/C13H18N2.C4H10/c1-14-13-7-9-15(10-8-13)11-12-5-3-2-4-6-12;1-3-4-2/h2-6H,7-11H2,1H3;3-4H2,1-2H3. The lowest BCUT2D eigenvalue weighted by Gasteiger charge is -2.27. The van der Waals surface area contributed by atoms with Crippen LogP contribution in [0, 0.1) is 0 Å². The number of unbranched alkanes of at least 4 members (excludes halogenated alkanes) is 1. The zero-order chi connectivity index (χ0) is 13.9. The first kappa shape index (κ1) is 15.9. The summed E-state index contributed by atoms with van der Waals surface area (Å²) in [5, 5.41) is 0. The maximum atomic E-state index is 4.28. The fourth-order valence-corrected chi connectivity index (χ4v) is 2.03. The van der Waals surface area contributed by atoms with Crippen molar-refractivity contribution in [1.29, 1.82) is 0 Å². The Hall–Kier alpha value is -1.15. The number of rotatable bonds is 3. The van der Waals surface area contributed by atoms with Crippen LogP contribution in [0.15, 0.2) is 35.3 Å². The molecule has 1 aliphatic rings. The van der Waals surface area contributed by atoms with Crippen LogP contribution in [0.2, 0.25) is 0 Å². The topological polar surface area (TPSA) is 15.6 Å². The molecule has 1 fully saturated rings. The molecule has 0 aliphatic carbocycles. The number of aliphatic imine (C=N–C) groups is 1. The number of hydrogen-bond donors (Lipinski definition) is 0. The highest BCUT2D eigenvalue weighted by atomic mass is 15.1. The third kappa shape index (κ3) is 6.53. The first-order valence-corrected chi connectivity index (χ1v) is 7.51. The van der Waals surface area contributed by atoms with Gasteiger partial charge in [-0.2, -0.15) is 0 Å². The summed E-state index contributed by atoms with van der Waals surface area (Å²) in [5.41, 5.74) is 2.79. The molecule has 106 valence electrons. The molecule has 1 aromatic carbocycles. The molecule has 0 bridgehead atoms. The van der Waals surface area contributed by atoms with Crippen molar-refractivity contribution >= 4 is 5.71 Å². The van der Waals surface area contributed by atoms with Crippen LogP contribution in [-0.4, -0.2) is 30.7 Å². The number of nitrogens with zero attached hydrogens (tertiary/aromatic N) is 2. The molecule has 19 heavy (non-hydrogen) atoms. The van der Waals surface area contributed by atoms with E-state index in [9.17, 15) is 0 Å². The molecule has 0 atom stereocenters. The van der Waals surface area contributed by atoms with Gasteiger partial charge in [-0.1, -0.05) is 57.0 Å². The first-order valence-electron chi connectivity index (χ1n) is 7.51. The van der Waals surface area contributed by atoms with Crippen LogP contribution in [0.1, 0.15) is 45.1 Å². The molecule has 1 heterocycles. The predicted molar refractivity (Wildman–Crippen MR) is 84.9 cm³/mol. The van der Waals surface area contributed by atoms with Gasteiger partial charge >= 0.3 is 0 Å². The van der Waals surface area contributed by atoms with E-state index in [0.29, 0.717) is 0 Å². The zero-order valence-electron chi connectivity index (χ0n) is 12.7. The smallest absolute Gasteiger partial charge is 0.0276 e. The van der Waals surface area contributed by atoms with Crippen molar-refractivity contribution in [3.8, 4) is 0 Å². The van der Waals surface area contributed by atoms with Gasteiger partial charge in [0.2, 0.25) is 0 Å². The Labute approximate surface area is 118 Å². The summed E-state index contributed by atoms with van der Waals surface area (Å²) in [6.45, 7) is 7.75. The Kier molecular flexibility index (Phi) is 8.15. The van der Waals surface area contributed by atoms with Crippen LogP contribution in [-0.2, 0) is 6.54 Å². The summed E-state index contributed by atoms with van der Waals surface area (Å²) in [5.74, 6) is 0. The van der Waals surface area contributed by atoms with Gasteiger partial charge in [-0.25, -0.2) is 0 Å². The Balaban J connectivity index is 0.000000399. The summed E-state index contributed by atoms with van der Waals surface area (Å²) < 4.78 is 0. The molecule has 1 aliphatic heterocycles. The zero-order valence-corrected chi connectivity index (χ0v) is 12.7. The highest BCUT2D eigenvalue weighted by molar-refractivity contribution is 5.85. The summed E-state index contributed by atoms with van der Waals surface area (Å²) in [7, 11) is 1.90. The SMILES string of the molecule is CCCC.CN=C1CCN(Cc2ccccc2)CC1. The van der Waals surface area contributed by atoms with E-state index in [4.69, 9.17) is 0 Å². The second-order valence-corrected chi connectivity index (χ2v) is 5.05. The molecule has 0 N–H and O–H groups in total. The van der Waals surface area contributed by atoms with Crippen LogP contribution in [0.25, 0.3) is 0 Å². The quantitative estimate of drug-likeness (QED) is 0.797. The van der Waals surface area contributed by atoms with Crippen molar-refractivity contribution in [2.75, 3.05) is 20.1 Å². The fourth-order valence-electron chi connectivity index (χ4n) is 2.03. The summed E-state index contributed by atoms with van der Waals surface area (Å²) in [6, 6.07) is 10.7. The van der Waals surface area contributed by atoms with Crippen molar-refractivity contribution in [1.82, 2.24) is 4.90 Å². The number of benzene rings is 1. The Morgan fingerprint density at radius 2 is 1.58 bits per heavy atom. The molecule has 1 saturated heterocycles. The fraction of sp³-hybridized carbons (Fsp3) is 0.588. The lowest BCUT2D eigenvalue weighted by molar-refractivity contribution is 0.266. The van der Waals surface area contributed by atoms with E-state index in [1.165, 1.54) is 24.1 Å². The third-order valence-corrected chi connectivity index (χ3v) is 3.50. The van der Waals surface area contributed by atoms with E-state index in [-0.39, 0.29) is 0 Å². The summed E-state index contributed by atoms with van der Waals surface area (Å²) in [4.78, 5) is 6.78. The van der Waals surface area contributed by atoms with Crippen molar-refractivity contribution in [3.05, 3.63) is 35.9 Å². The maximum Gasteiger partial charge on any atom is 0.0276 e. The second kappa shape index (κ2) is 9.74. The molecule has 0 spiro atoms. The number of hydrogen-bond acceptors (Lipinski definition) is 2. The average Bonchev–Trinajstić information content (AvgIpc) is 2.49. The van der Waals surface area contributed by atoms with Crippen LogP contribution in [0.3, 0.4) is 0 Å². The summed E-state index contributed by atoms with van der Waals surface area (Å²) in [6.07, 6.45) is 4.92. The molecule has 2 nitrogen and oxygen atoms in total. The van der Waals surface area contributed by atoms with Gasteiger partial charge in [-0.15, -0.1) is 0 Å². The first-order chi connectivity index (χ1) is 9.30. The van der Waals surface area contributed by atoms with Gasteiger partial charge < -0.3 is 0 Å². The van der Waals surface area contributed by atoms with Gasteiger partial charge in [0, 0.05) is 32.4 Å². The van der Waals surface area contributed by atoms with Crippen molar-refractivity contribution in [2.24, 2.45) is 4.99 Å². The van der Waals surface area contributed by atoms with Gasteiger partial charge in [0.25, 0.3) is 0 Å². The van der Waals surface area contributed by atoms with Gasteiger partial charge in [-0.3, -0.25) is 9.89 Å². The maximum absolute atomic E-state index is 4.28. The van der Waals surface area contributed by atoms with Crippen LogP contribution in [0.4, 0.5) is 0 Å². The summed E-state index contributed by atoms with van der Waals surface area (Å²) >= 11 is 0. The van der Waals surface area contributed by atoms with Crippen molar-refractivity contribution in [3.63, 3.8) is 0 Å². The van der Waals surface area contributed by atoms with Crippen LogP contribution < -0.4 is 0 Å². The van der Waals surface area contributed by atoms with E-state index in [1.807, 2.05) is 7.05 Å². The molecular formula is C17H28N2. The van der Waals surface area contributed by atoms with E-state index >= 15 is 0 Å². The van der Waals surface area contributed by atoms with Crippen LogP contribution >= 0.6 is 0 Å². The highest BCUT2D eigenvalue weighted by Gasteiger charge is 2.13. The minimum Gasteiger partial charge on any atom is -0.298 e. The van der Waals surface area contributed by atoms with Crippen molar-refractivity contribution in [2.45, 2.75) is 46.1 Å². The lowest BCUT2D eigenvalue weighted by atomic mass is 10.1. The highest BCUT2D eigenvalue weighted by Crippen LogP contribution is 2.11. The molecule has 1 aromatic rings. The minimum absolute atomic E-state index is 1.08. The van der Waals surface area contributed by atoms with E-state index < -0.39 is 0 Å². The second-order valence-electron chi connectivity index (χ2n) is 5.05. The third-order valence-electron chi connectivity index (χ3n) is 3.50. The molecule has 0 saturated carbocycles. The molecule has 0 aromatic heterocycles. The van der Waals surface area contributed by atoms with Crippen LogP contribution in [0.5, 0.6) is 0 Å². The van der Waals surface area contributed by atoms with E-state index in [2.05, 4.69) is 54.1 Å². The number of piperidine rings is 1.